The number of carbonyl (C=O) groups excluding carboxylic acids is 2. The molecule has 33 heavy (non-hydrogen) atoms. The van der Waals surface area contributed by atoms with E-state index in [4.69, 9.17) is 9.47 Å². The van der Waals surface area contributed by atoms with E-state index in [0.717, 1.165) is 13.1 Å². The first-order valence-electron chi connectivity index (χ1n) is 10.9. The smallest absolute Gasteiger partial charge is 0.336 e. The van der Waals surface area contributed by atoms with Gasteiger partial charge in [0.1, 0.15) is 18.3 Å². The Morgan fingerprint density at radius 1 is 1.09 bits per heavy atom. The molecule has 4 rings (SSSR count). The predicted octanol–water partition coefficient (Wildman–Crippen LogP) is 4.01. The Morgan fingerprint density at radius 2 is 1.79 bits per heavy atom. The van der Waals surface area contributed by atoms with Crippen molar-refractivity contribution in [2.24, 2.45) is 10.9 Å². The second kappa shape index (κ2) is 9.67. The van der Waals surface area contributed by atoms with E-state index in [-0.39, 0.29) is 12.2 Å². The van der Waals surface area contributed by atoms with Crippen LogP contribution in [0.25, 0.3) is 0 Å². The van der Waals surface area contributed by atoms with Crippen molar-refractivity contribution in [1.82, 2.24) is 4.90 Å². The summed E-state index contributed by atoms with van der Waals surface area (Å²) in [4.78, 5) is 32.5. The van der Waals surface area contributed by atoms with Crippen LogP contribution in [-0.2, 0) is 32.2 Å². The third kappa shape index (κ3) is 4.73. The maximum atomic E-state index is 14.1. The average molecular weight is 451 g/mol. The Kier molecular flexibility index (Phi) is 6.70. The number of halogens is 1. The number of nitrogens with zero attached hydrogens (tertiary/aromatic N) is 2. The van der Waals surface area contributed by atoms with E-state index >= 15 is 0 Å². The summed E-state index contributed by atoms with van der Waals surface area (Å²) < 4.78 is 24.7. The summed E-state index contributed by atoms with van der Waals surface area (Å²) in [5, 5.41) is 0. The van der Waals surface area contributed by atoms with Crippen LogP contribution in [0.1, 0.15) is 36.5 Å². The van der Waals surface area contributed by atoms with Crippen LogP contribution >= 0.6 is 0 Å². The molecule has 172 valence electrons. The van der Waals surface area contributed by atoms with Crippen molar-refractivity contribution < 1.29 is 23.5 Å². The molecule has 0 spiro atoms. The SMILES string of the molecule is COC(=O)C1C(C)=NC(C)=C(C(=O)OCCN2Cc3ccccc3C2)C1c1cccc(F)c1. The molecule has 2 aliphatic heterocycles. The normalized spacial score (nSPS) is 20.3. The second-order valence-electron chi connectivity index (χ2n) is 8.40. The molecular formula is C26H27FN2O4. The van der Waals surface area contributed by atoms with E-state index in [2.05, 4.69) is 22.0 Å². The number of ether oxygens (including phenoxy) is 2. The van der Waals surface area contributed by atoms with E-state index in [9.17, 15) is 14.0 Å². The van der Waals surface area contributed by atoms with Gasteiger partial charge < -0.3 is 9.47 Å². The van der Waals surface area contributed by atoms with Gasteiger partial charge in [-0.25, -0.2) is 9.18 Å². The molecule has 2 aromatic carbocycles. The average Bonchev–Trinajstić information content (AvgIpc) is 3.20. The number of carbonyl (C=O) groups is 2. The summed E-state index contributed by atoms with van der Waals surface area (Å²) in [7, 11) is 1.29. The van der Waals surface area contributed by atoms with Crippen molar-refractivity contribution in [2.45, 2.75) is 32.9 Å². The molecule has 0 fully saturated rings. The maximum absolute atomic E-state index is 14.1. The molecule has 0 amide bonds. The fourth-order valence-electron chi connectivity index (χ4n) is 4.70. The number of hydrogen-bond donors (Lipinski definition) is 0. The van der Waals surface area contributed by atoms with Gasteiger partial charge in [-0.1, -0.05) is 36.4 Å². The van der Waals surface area contributed by atoms with Crippen LogP contribution in [-0.4, -0.2) is 42.8 Å². The van der Waals surface area contributed by atoms with Gasteiger partial charge in [-0.05, 0) is 42.7 Å². The molecular weight excluding hydrogens is 423 g/mol. The van der Waals surface area contributed by atoms with E-state index in [1.807, 2.05) is 12.1 Å². The molecule has 6 nitrogen and oxygen atoms in total. The summed E-state index contributed by atoms with van der Waals surface area (Å²) in [5.74, 6) is -3.11. The largest absolute Gasteiger partial charge is 0.468 e. The molecule has 2 unspecified atom stereocenters. The van der Waals surface area contributed by atoms with E-state index in [1.165, 1.54) is 30.4 Å². The van der Waals surface area contributed by atoms with Crippen LogP contribution in [0, 0.1) is 11.7 Å². The highest BCUT2D eigenvalue weighted by Gasteiger charge is 2.42. The van der Waals surface area contributed by atoms with E-state index < -0.39 is 29.6 Å². The molecule has 2 aromatic rings. The fraction of sp³-hybridized carbons (Fsp3) is 0.346. The molecule has 2 heterocycles. The third-order valence-corrected chi connectivity index (χ3v) is 6.26. The minimum atomic E-state index is -0.837. The lowest BCUT2D eigenvalue weighted by molar-refractivity contribution is -0.144. The fourth-order valence-corrected chi connectivity index (χ4v) is 4.70. The van der Waals surface area contributed by atoms with Gasteiger partial charge >= 0.3 is 11.9 Å². The Hall–Kier alpha value is -3.32. The number of fused-ring (bicyclic) bond motifs is 1. The van der Waals surface area contributed by atoms with Gasteiger partial charge in [-0.3, -0.25) is 14.7 Å². The lowest BCUT2D eigenvalue weighted by atomic mass is 9.75. The lowest BCUT2D eigenvalue weighted by Crippen LogP contribution is -2.36. The molecule has 0 saturated carbocycles. The van der Waals surface area contributed by atoms with Gasteiger partial charge in [0.05, 0.1) is 12.7 Å². The Labute approximate surface area is 192 Å². The standard InChI is InChI=1S/C26H27FN2O4/c1-16-22(25(30)32-3)24(18-9-6-10-21(27)13-18)23(17(2)28-16)26(31)33-12-11-29-14-19-7-4-5-8-20(19)15-29/h4-10,13,22,24H,11-12,14-15H2,1-3H3. The van der Waals surface area contributed by atoms with Crippen LogP contribution in [0.4, 0.5) is 4.39 Å². The predicted molar refractivity (Wildman–Crippen MR) is 122 cm³/mol. The Morgan fingerprint density at radius 3 is 2.42 bits per heavy atom. The van der Waals surface area contributed by atoms with Gasteiger partial charge in [0.2, 0.25) is 0 Å². The highest BCUT2D eigenvalue weighted by Crippen LogP contribution is 2.40. The second-order valence-corrected chi connectivity index (χ2v) is 8.40. The van der Waals surface area contributed by atoms with Crippen molar-refractivity contribution in [3.05, 3.63) is 82.3 Å². The maximum Gasteiger partial charge on any atom is 0.336 e. The van der Waals surface area contributed by atoms with Crippen LogP contribution in [0.5, 0.6) is 0 Å². The molecule has 2 aliphatic rings. The first-order chi connectivity index (χ1) is 15.9. The van der Waals surface area contributed by atoms with Gasteiger partial charge in [0.15, 0.2) is 0 Å². The first kappa shape index (κ1) is 22.9. The highest BCUT2D eigenvalue weighted by atomic mass is 19.1. The van der Waals surface area contributed by atoms with Crippen molar-refractivity contribution in [3.63, 3.8) is 0 Å². The zero-order valence-corrected chi connectivity index (χ0v) is 19.0. The summed E-state index contributed by atoms with van der Waals surface area (Å²) in [5.41, 5.74) is 4.30. The van der Waals surface area contributed by atoms with Gasteiger partial charge in [-0.2, -0.15) is 0 Å². The monoisotopic (exact) mass is 450 g/mol. The molecule has 7 heteroatoms. The third-order valence-electron chi connectivity index (χ3n) is 6.26. The highest BCUT2D eigenvalue weighted by molar-refractivity contribution is 6.06. The zero-order valence-electron chi connectivity index (χ0n) is 19.0. The number of rotatable bonds is 6. The topological polar surface area (TPSA) is 68.2 Å². The van der Waals surface area contributed by atoms with Gasteiger partial charge in [-0.15, -0.1) is 0 Å². The Bertz CT molecular complexity index is 1120. The Balaban J connectivity index is 1.53. The van der Waals surface area contributed by atoms with E-state index in [0.29, 0.717) is 23.5 Å². The minimum absolute atomic E-state index is 0.199. The van der Waals surface area contributed by atoms with Crippen molar-refractivity contribution >= 4 is 17.7 Å². The molecule has 0 N–H and O–H groups in total. The van der Waals surface area contributed by atoms with Crippen LogP contribution < -0.4 is 0 Å². The zero-order chi connectivity index (χ0) is 23.5. The summed E-state index contributed by atoms with van der Waals surface area (Å²) in [6.45, 7) is 5.83. The summed E-state index contributed by atoms with van der Waals surface area (Å²) in [6.07, 6.45) is 0. The van der Waals surface area contributed by atoms with Crippen molar-refractivity contribution in [1.29, 1.82) is 0 Å². The molecule has 0 aromatic heterocycles. The molecule has 0 aliphatic carbocycles. The lowest BCUT2D eigenvalue weighted by Gasteiger charge is -2.31. The number of methoxy groups -OCH3 is 1. The van der Waals surface area contributed by atoms with Crippen molar-refractivity contribution in [3.8, 4) is 0 Å². The number of aliphatic imine (C=N–C) groups is 1. The van der Waals surface area contributed by atoms with Crippen LogP contribution in [0.2, 0.25) is 0 Å². The number of allylic oxidation sites excluding steroid dienone is 1. The molecule has 0 saturated heterocycles. The van der Waals surface area contributed by atoms with Gasteiger partial charge in [0.25, 0.3) is 0 Å². The molecule has 0 radical (unpaired) electrons. The van der Waals surface area contributed by atoms with Crippen LogP contribution in [0.15, 0.2) is 64.8 Å². The van der Waals surface area contributed by atoms with Crippen LogP contribution in [0.3, 0.4) is 0 Å². The number of benzene rings is 2. The van der Waals surface area contributed by atoms with Gasteiger partial charge in [0, 0.05) is 37.0 Å². The summed E-state index contributed by atoms with van der Waals surface area (Å²) >= 11 is 0. The number of esters is 2. The molecule has 2 atom stereocenters. The summed E-state index contributed by atoms with van der Waals surface area (Å²) in [6, 6.07) is 14.2. The van der Waals surface area contributed by atoms with E-state index in [1.54, 1.807) is 26.0 Å². The molecule has 0 bridgehead atoms. The van der Waals surface area contributed by atoms with Crippen molar-refractivity contribution in [2.75, 3.05) is 20.3 Å². The quantitative estimate of drug-likeness (QED) is 0.622. The minimum Gasteiger partial charge on any atom is -0.468 e. The first-order valence-corrected chi connectivity index (χ1v) is 10.9. The number of hydrogen-bond acceptors (Lipinski definition) is 6.